The summed E-state index contributed by atoms with van der Waals surface area (Å²) in [5.74, 6) is -2.74. The molecule has 0 aromatic heterocycles. The Morgan fingerprint density at radius 2 is 2.00 bits per heavy atom. The quantitative estimate of drug-likeness (QED) is 0.804. The average Bonchev–Trinajstić information content (AvgIpc) is 2.42. The summed E-state index contributed by atoms with van der Waals surface area (Å²) in [4.78, 5) is 1.69. The van der Waals surface area contributed by atoms with Crippen molar-refractivity contribution >= 4 is 0 Å². The summed E-state index contributed by atoms with van der Waals surface area (Å²) in [6.07, 6.45) is 0. The van der Waals surface area contributed by atoms with Gasteiger partial charge in [0.25, 0.3) is 5.92 Å². The standard InChI is InChI=1S/C11H14F2N2/c12-11(13)8-15(7-10(11)14)6-9-4-2-1-3-5-9/h1-5,10H,6-8,14H2/t10-/m0/s1. The Balaban J connectivity index is 1.99. The Hall–Kier alpha value is -1.00. The first-order valence-electron chi connectivity index (χ1n) is 4.97. The van der Waals surface area contributed by atoms with E-state index in [0.29, 0.717) is 6.54 Å². The van der Waals surface area contributed by atoms with Gasteiger partial charge in [-0.05, 0) is 5.56 Å². The minimum absolute atomic E-state index is 0.233. The van der Waals surface area contributed by atoms with E-state index in [0.717, 1.165) is 5.56 Å². The number of alkyl halides is 2. The lowest BCUT2D eigenvalue weighted by atomic mass is 10.2. The third-order valence-electron chi connectivity index (χ3n) is 2.68. The number of hydrogen-bond donors (Lipinski definition) is 1. The highest BCUT2D eigenvalue weighted by Crippen LogP contribution is 2.27. The lowest BCUT2D eigenvalue weighted by molar-refractivity contribution is -0.00140. The fraction of sp³-hybridized carbons (Fsp3) is 0.455. The van der Waals surface area contributed by atoms with Crippen LogP contribution < -0.4 is 5.73 Å². The molecule has 1 heterocycles. The van der Waals surface area contributed by atoms with Crippen LogP contribution in [0.2, 0.25) is 0 Å². The number of rotatable bonds is 2. The topological polar surface area (TPSA) is 29.3 Å². The number of nitrogens with two attached hydrogens (primary N) is 1. The van der Waals surface area contributed by atoms with E-state index < -0.39 is 12.0 Å². The maximum absolute atomic E-state index is 13.1. The van der Waals surface area contributed by atoms with Gasteiger partial charge in [0, 0.05) is 13.1 Å². The zero-order valence-electron chi connectivity index (χ0n) is 8.37. The molecule has 0 spiro atoms. The lowest BCUT2D eigenvalue weighted by Crippen LogP contribution is -2.38. The summed E-state index contributed by atoms with van der Waals surface area (Å²) < 4.78 is 26.2. The van der Waals surface area contributed by atoms with Crippen molar-refractivity contribution in [3.05, 3.63) is 35.9 Å². The van der Waals surface area contributed by atoms with Crippen molar-refractivity contribution in [1.29, 1.82) is 0 Å². The van der Waals surface area contributed by atoms with Crippen molar-refractivity contribution in [2.75, 3.05) is 13.1 Å². The zero-order chi connectivity index (χ0) is 10.9. The second kappa shape index (κ2) is 3.87. The van der Waals surface area contributed by atoms with Gasteiger partial charge in [0.1, 0.15) is 0 Å². The zero-order valence-corrected chi connectivity index (χ0v) is 8.37. The van der Waals surface area contributed by atoms with Crippen molar-refractivity contribution < 1.29 is 8.78 Å². The van der Waals surface area contributed by atoms with Gasteiger partial charge in [-0.1, -0.05) is 30.3 Å². The molecule has 4 heteroatoms. The van der Waals surface area contributed by atoms with Crippen molar-refractivity contribution in [3.8, 4) is 0 Å². The predicted molar refractivity (Wildman–Crippen MR) is 54.6 cm³/mol. The molecule has 2 nitrogen and oxygen atoms in total. The normalized spacial score (nSPS) is 25.7. The summed E-state index contributed by atoms with van der Waals surface area (Å²) >= 11 is 0. The van der Waals surface area contributed by atoms with Gasteiger partial charge in [-0.3, -0.25) is 4.90 Å². The second-order valence-electron chi connectivity index (χ2n) is 4.02. The highest BCUT2D eigenvalue weighted by molar-refractivity contribution is 5.15. The molecule has 0 aliphatic carbocycles. The number of benzene rings is 1. The average molecular weight is 212 g/mol. The van der Waals surface area contributed by atoms with Crippen molar-refractivity contribution in [1.82, 2.24) is 4.90 Å². The summed E-state index contributed by atoms with van der Waals surface area (Å²) in [6, 6.07) is 8.56. The molecule has 0 unspecified atom stereocenters. The molecule has 15 heavy (non-hydrogen) atoms. The largest absolute Gasteiger partial charge is 0.322 e. The van der Waals surface area contributed by atoms with Crippen LogP contribution in [0.3, 0.4) is 0 Å². The monoisotopic (exact) mass is 212 g/mol. The molecule has 1 saturated heterocycles. The molecule has 1 aliphatic rings. The first kappa shape index (κ1) is 10.5. The first-order chi connectivity index (χ1) is 7.08. The molecule has 1 fully saturated rings. The van der Waals surface area contributed by atoms with Gasteiger partial charge < -0.3 is 5.73 Å². The Morgan fingerprint density at radius 1 is 1.33 bits per heavy atom. The molecular formula is C11H14F2N2. The van der Waals surface area contributed by atoms with E-state index in [4.69, 9.17) is 5.73 Å². The van der Waals surface area contributed by atoms with E-state index in [9.17, 15) is 8.78 Å². The summed E-state index contributed by atoms with van der Waals surface area (Å²) in [6.45, 7) is 0.578. The molecule has 0 amide bonds. The van der Waals surface area contributed by atoms with Gasteiger partial charge in [0.05, 0.1) is 12.6 Å². The van der Waals surface area contributed by atoms with Gasteiger partial charge in [0.15, 0.2) is 0 Å². The second-order valence-corrected chi connectivity index (χ2v) is 4.02. The third kappa shape index (κ3) is 2.33. The first-order valence-corrected chi connectivity index (χ1v) is 4.97. The minimum Gasteiger partial charge on any atom is -0.322 e. The van der Waals surface area contributed by atoms with Crippen LogP contribution in [0.4, 0.5) is 8.78 Å². The third-order valence-corrected chi connectivity index (χ3v) is 2.68. The Morgan fingerprint density at radius 3 is 2.53 bits per heavy atom. The van der Waals surface area contributed by atoms with Crippen LogP contribution in [0.15, 0.2) is 30.3 Å². The number of nitrogens with zero attached hydrogens (tertiary/aromatic N) is 1. The van der Waals surface area contributed by atoms with Gasteiger partial charge >= 0.3 is 0 Å². The molecule has 1 atom stereocenters. The Labute approximate surface area is 87.7 Å². The predicted octanol–water partition coefficient (Wildman–Crippen LogP) is 1.46. The van der Waals surface area contributed by atoms with E-state index in [1.54, 1.807) is 4.90 Å². The van der Waals surface area contributed by atoms with Crippen LogP contribution in [0, 0.1) is 0 Å². The van der Waals surface area contributed by atoms with Gasteiger partial charge in [-0.15, -0.1) is 0 Å². The van der Waals surface area contributed by atoms with Gasteiger partial charge in [-0.25, -0.2) is 8.78 Å². The van der Waals surface area contributed by atoms with Crippen LogP contribution in [0.5, 0.6) is 0 Å². The van der Waals surface area contributed by atoms with E-state index in [1.807, 2.05) is 30.3 Å². The molecule has 82 valence electrons. The molecule has 0 radical (unpaired) electrons. The molecule has 2 rings (SSSR count). The van der Waals surface area contributed by atoms with Crippen LogP contribution >= 0.6 is 0 Å². The molecule has 0 saturated carbocycles. The number of hydrogen-bond acceptors (Lipinski definition) is 2. The fourth-order valence-corrected chi connectivity index (χ4v) is 1.85. The van der Waals surface area contributed by atoms with Crippen molar-refractivity contribution in [2.45, 2.75) is 18.5 Å². The van der Waals surface area contributed by atoms with Gasteiger partial charge in [0.2, 0.25) is 0 Å². The SMILES string of the molecule is N[C@H]1CN(Cc2ccccc2)CC1(F)F. The minimum atomic E-state index is -2.74. The molecule has 1 aromatic carbocycles. The molecule has 1 aliphatic heterocycles. The van der Waals surface area contributed by atoms with E-state index >= 15 is 0 Å². The van der Waals surface area contributed by atoms with E-state index in [2.05, 4.69) is 0 Å². The fourth-order valence-electron chi connectivity index (χ4n) is 1.85. The van der Waals surface area contributed by atoms with Crippen LogP contribution in [0.25, 0.3) is 0 Å². The molecule has 0 bridgehead atoms. The lowest BCUT2D eigenvalue weighted by Gasteiger charge is -2.14. The van der Waals surface area contributed by atoms with Crippen LogP contribution in [-0.2, 0) is 6.54 Å². The number of likely N-dealkylation sites (tertiary alicyclic amines) is 1. The summed E-state index contributed by atoms with van der Waals surface area (Å²) in [5, 5.41) is 0. The summed E-state index contributed by atoms with van der Waals surface area (Å²) in [5.41, 5.74) is 6.41. The van der Waals surface area contributed by atoms with Crippen molar-refractivity contribution in [3.63, 3.8) is 0 Å². The summed E-state index contributed by atoms with van der Waals surface area (Å²) in [7, 11) is 0. The molecule has 1 aromatic rings. The Bertz CT molecular complexity index is 327. The van der Waals surface area contributed by atoms with Crippen LogP contribution in [-0.4, -0.2) is 30.0 Å². The van der Waals surface area contributed by atoms with Gasteiger partial charge in [-0.2, -0.15) is 0 Å². The molecule has 2 N–H and O–H groups in total. The Kier molecular flexibility index (Phi) is 2.71. The highest BCUT2D eigenvalue weighted by Gasteiger charge is 2.45. The van der Waals surface area contributed by atoms with E-state index in [1.165, 1.54) is 0 Å². The maximum atomic E-state index is 13.1. The maximum Gasteiger partial charge on any atom is 0.276 e. The molecular weight excluding hydrogens is 198 g/mol. The smallest absolute Gasteiger partial charge is 0.276 e. The van der Waals surface area contributed by atoms with Crippen molar-refractivity contribution in [2.24, 2.45) is 5.73 Å². The highest BCUT2D eigenvalue weighted by atomic mass is 19.3. The van der Waals surface area contributed by atoms with E-state index in [-0.39, 0.29) is 13.1 Å². The number of halogens is 2. The van der Waals surface area contributed by atoms with Crippen LogP contribution in [0.1, 0.15) is 5.56 Å².